The number of benzene rings is 3. The average molecular weight is 473 g/mol. The van der Waals surface area contributed by atoms with E-state index in [0.717, 1.165) is 10.0 Å². The Morgan fingerprint density at radius 2 is 1.69 bits per heavy atom. The molecule has 0 bridgehead atoms. The van der Waals surface area contributed by atoms with Crippen LogP contribution in [0.25, 0.3) is 0 Å². The van der Waals surface area contributed by atoms with Crippen LogP contribution in [0.4, 0.5) is 11.4 Å². The number of hydrogen-bond donors (Lipinski definition) is 1. The molecular formula is C21H17BrN2O4S. The van der Waals surface area contributed by atoms with Gasteiger partial charge < -0.3 is 10.1 Å². The molecule has 0 saturated heterocycles. The van der Waals surface area contributed by atoms with Crippen LogP contribution in [0.1, 0.15) is 15.9 Å². The van der Waals surface area contributed by atoms with Crippen molar-refractivity contribution in [3.8, 4) is 11.5 Å². The minimum Gasteiger partial charge on any atom is -0.454 e. The number of fused-ring (bicyclic) bond motifs is 2. The van der Waals surface area contributed by atoms with Gasteiger partial charge in [0.15, 0.2) is 5.75 Å². The lowest BCUT2D eigenvalue weighted by Gasteiger charge is -2.20. The maximum absolute atomic E-state index is 13.1. The third kappa shape index (κ3) is 3.61. The molecule has 148 valence electrons. The molecule has 3 aromatic rings. The van der Waals surface area contributed by atoms with E-state index in [0.29, 0.717) is 22.9 Å². The summed E-state index contributed by atoms with van der Waals surface area (Å²) in [5.74, 6) is 0.391. The van der Waals surface area contributed by atoms with Gasteiger partial charge in [0.25, 0.3) is 15.9 Å². The highest BCUT2D eigenvalue weighted by Crippen LogP contribution is 2.37. The van der Waals surface area contributed by atoms with Gasteiger partial charge in [-0.1, -0.05) is 22.0 Å². The number of nitrogens with one attached hydrogen (secondary N) is 1. The predicted molar refractivity (Wildman–Crippen MR) is 115 cm³/mol. The van der Waals surface area contributed by atoms with Crippen LogP contribution in [-0.4, -0.2) is 21.4 Å². The van der Waals surface area contributed by atoms with E-state index in [1.54, 1.807) is 30.3 Å². The van der Waals surface area contributed by atoms with Crippen molar-refractivity contribution in [1.29, 1.82) is 0 Å². The first-order valence-corrected chi connectivity index (χ1v) is 11.0. The molecule has 0 spiro atoms. The molecule has 0 fully saturated rings. The van der Waals surface area contributed by atoms with E-state index in [-0.39, 0.29) is 10.5 Å². The quantitative estimate of drug-likeness (QED) is 0.585. The SMILES string of the molecule is Cc1ccc2c(c1)Oc1ccc(S(=O)(=O)N(C)c3ccc(Br)cc3)cc1C(=O)N2. The Morgan fingerprint density at radius 1 is 0.966 bits per heavy atom. The van der Waals surface area contributed by atoms with Gasteiger partial charge in [-0.15, -0.1) is 0 Å². The third-order valence-electron chi connectivity index (χ3n) is 4.65. The van der Waals surface area contributed by atoms with Crippen LogP contribution in [-0.2, 0) is 10.0 Å². The van der Waals surface area contributed by atoms with Gasteiger partial charge in [0.2, 0.25) is 0 Å². The highest BCUT2D eigenvalue weighted by molar-refractivity contribution is 9.10. The minimum atomic E-state index is -3.87. The normalized spacial score (nSPS) is 12.9. The number of carbonyl (C=O) groups is 1. The minimum absolute atomic E-state index is 0.00237. The predicted octanol–water partition coefficient (Wildman–Crippen LogP) is 4.94. The van der Waals surface area contributed by atoms with E-state index >= 15 is 0 Å². The Morgan fingerprint density at radius 3 is 2.41 bits per heavy atom. The third-order valence-corrected chi connectivity index (χ3v) is 6.96. The van der Waals surface area contributed by atoms with Crippen molar-refractivity contribution in [1.82, 2.24) is 0 Å². The maximum Gasteiger partial charge on any atom is 0.264 e. The van der Waals surface area contributed by atoms with Gasteiger partial charge in [-0.3, -0.25) is 9.10 Å². The van der Waals surface area contributed by atoms with Crippen molar-refractivity contribution in [2.24, 2.45) is 0 Å². The molecule has 1 heterocycles. The number of halogens is 1. The molecule has 0 aliphatic carbocycles. The molecule has 8 heteroatoms. The van der Waals surface area contributed by atoms with Gasteiger partial charge in [0, 0.05) is 11.5 Å². The molecule has 1 amide bonds. The molecule has 0 radical (unpaired) electrons. The number of amides is 1. The van der Waals surface area contributed by atoms with Crippen LogP contribution in [0.15, 0.2) is 70.0 Å². The van der Waals surface area contributed by atoms with E-state index < -0.39 is 15.9 Å². The van der Waals surface area contributed by atoms with Gasteiger partial charge in [-0.2, -0.15) is 0 Å². The van der Waals surface area contributed by atoms with Crippen molar-refractivity contribution in [3.63, 3.8) is 0 Å². The monoisotopic (exact) mass is 472 g/mol. The summed E-state index contributed by atoms with van der Waals surface area (Å²) in [4.78, 5) is 12.7. The van der Waals surface area contributed by atoms with E-state index in [2.05, 4.69) is 21.2 Å². The second kappa shape index (κ2) is 7.20. The van der Waals surface area contributed by atoms with Crippen LogP contribution in [0.2, 0.25) is 0 Å². The number of anilines is 2. The molecular weight excluding hydrogens is 456 g/mol. The van der Waals surface area contributed by atoms with E-state index in [1.807, 2.05) is 19.1 Å². The number of aryl methyl sites for hydroxylation is 1. The van der Waals surface area contributed by atoms with Crippen molar-refractivity contribution < 1.29 is 17.9 Å². The number of hydrogen-bond acceptors (Lipinski definition) is 4. The smallest absolute Gasteiger partial charge is 0.264 e. The number of nitrogens with zero attached hydrogens (tertiary/aromatic N) is 1. The average Bonchev–Trinajstić information content (AvgIpc) is 2.83. The fourth-order valence-electron chi connectivity index (χ4n) is 3.01. The zero-order chi connectivity index (χ0) is 20.8. The fourth-order valence-corrected chi connectivity index (χ4v) is 4.50. The summed E-state index contributed by atoms with van der Waals surface area (Å²) < 4.78 is 34.1. The van der Waals surface area contributed by atoms with Gasteiger partial charge >= 0.3 is 0 Å². The Hall–Kier alpha value is -2.84. The molecule has 6 nitrogen and oxygen atoms in total. The van der Waals surface area contributed by atoms with E-state index in [1.165, 1.54) is 29.6 Å². The lowest BCUT2D eigenvalue weighted by molar-refractivity contribution is 0.102. The largest absolute Gasteiger partial charge is 0.454 e. The Bertz CT molecular complexity index is 1220. The van der Waals surface area contributed by atoms with Gasteiger partial charge in [-0.25, -0.2) is 8.42 Å². The number of rotatable bonds is 3. The van der Waals surface area contributed by atoms with Gasteiger partial charge in [0.1, 0.15) is 5.75 Å². The molecule has 1 aliphatic rings. The summed E-state index contributed by atoms with van der Waals surface area (Å²) in [6, 6.07) is 16.6. The zero-order valence-electron chi connectivity index (χ0n) is 15.6. The summed E-state index contributed by atoms with van der Waals surface area (Å²) in [5.41, 5.74) is 2.18. The maximum atomic E-state index is 13.1. The fraction of sp³-hybridized carbons (Fsp3) is 0.0952. The second-order valence-corrected chi connectivity index (χ2v) is 9.55. The first kappa shape index (κ1) is 19.5. The highest BCUT2D eigenvalue weighted by atomic mass is 79.9. The van der Waals surface area contributed by atoms with E-state index in [4.69, 9.17) is 4.74 Å². The molecule has 0 aromatic heterocycles. The van der Waals surface area contributed by atoms with Gasteiger partial charge in [0.05, 0.1) is 21.8 Å². The molecule has 0 saturated carbocycles. The Balaban J connectivity index is 1.73. The van der Waals surface area contributed by atoms with Crippen LogP contribution >= 0.6 is 15.9 Å². The van der Waals surface area contributed by atoms with Crippen molar-refractivity contribution in [2.75, 3.05) is 16.7 Å². The van der Waals surface area contributed by atoms with Crippen LogP contribution in [0.3, 0.4) is 0 Å². The standard InChI is InChI=1S/C21H17BrN2O4S/c1-13-3-9-18-20(11-13)28-19-10-8-16(12-17(19)21(25)23-18)29(26,27)24(2)15-6-4-14(22)5-7-15/h3-12H,1-2H3,(H,23,25). The Kier molecular flexibility index (Phi) is 4.84. The lowest BCUT2D eigenvalue weighted by Crippen LogP contribution is -2.26. The van der Waals surface area contributed by atoms with Crippen LogP contribution in [0.5, 0.6) is 11.5 Å². The summed E-state index contributed by atoms with van der Waals surface area (Å²) in [6.07, 6.45) is 0. The molecule has 1 N–H and O–H groups in total. The van der Waals surface area contributed by atoms with Gasteiger partial charge in [-0.05, 0) is 67.1 Å². The molecule has 4 rings (SSSR count). The summed E-state index contributed by atoms with van der Waals surface area (Å²) >= 11 is 3.34. The lowest BCUT2D eigenvalue weighted by atomic mass is 10.2. The topological polar surface area (TPSA) is 75.7 Å². The first-order valence-electron chi connectivity index (χ1n) is 8.74. The highest BCUT2D eigenvalue weighted by Gasteiger charge is 2.27. The number of carbonyl (C=O) groups excluding carboxylic acids is 1. The summed E-state index contributed by atoms with van der Waals surface area (Å²) in [5, 5.41) is 2.77. The van der Waals surface area contributed by atoms with Crippen LogP contribution < -0.4 is 14.4 Å². The van der Waals surface area contributed by atoms with Crippen molar-refractivity contribution >= 4 is 43.2 Å². The Labute approximate surface area is 177 Å². The van der Waals surface area contributed by atoms with Crippen LogP contribution in [0, 0.1) is 6.92 Å². The van der Waals surface area contributed by atoms with E-state index in [9.17, 15) is 13.2 Å². The summed E-state index contributed by atoms with van der Waals surface area (Å²) in [7, 11) is -2.39. The zero-order valence-corrected chi connectivity index (χ0v) is 18.0. The molecule has 0 unspecified atom stereocenters. The van der Waals surface area contributed by atoms with Crippen molar-refractivity contribution in [3.05, 3.63) is 76.3 Å². The first-order chi connectivity index (χ1) is 13.8. The number of sulfonamides is 1. The second-order valence-electron chi connectivity index (χ2n) is 6.66. The molecule has 1 aliphatic heterocycles. The number of ether oxygens (including phenoxy) is 1. The molecule has 0 atom stereocenters. The molecule has 29 heavy (non-hydrogen) atoms. The summed E-state index contributed by atoms with van der Waals surface area (Å²) in [6.45, 7) is 1.92. The van der Waals surface area contributed by atoms with Crippen molar-refractivity contribution in [2.45, 2.75) is 11.8 Å². The molecule has 3 aromatic carbocycles.